The maximum Gasteiger partial charge on any atom is 0.194 e. The van der Waals surface area contributed by atoms with E-state index in [0.717, 1.165) is 17.2 Å². The fraction of sp³-hybridized carbons (Fsp3) is 0.321. The van der Waals surface area contributed by atoms with Crippen molar-refractivity contribution in [2.24, 2.45) is 0 Å². The summed E-state index contributed by atoms with van der Waals surface area (Å²) in [4.78, 5) is 15.7. The molecule has 0 aromatic heterocycles. The van der Waals surface area contributed by atoms with Crippen LogP contribution in [0.4, 0.5) is 8.78 Å². The molecule has 2 aromatic rings. The first-order valence-corrected chi connectivity index (χ1v) is 13.8. The van der Waals surface area contributed by atoms with Crippen LogP contribution in [-0.2, 0) is 19.4 Å². The lowest BCUT2D eigenvalue weighted by Crippen LogP contribution is -2.41. The number of aryl methyl sites for hydroxylation is 1. The van der Waals surface area contributed by atoms with Gasteiger partial charge in [0, 0.05) is 43.3 Å². The van der Waals surface area contributed by atoms with Gasteiger partial charge < -0.3 is 4.74 Å². The third-order valence-electron chi connectivity index (χ3n) is 6.90. The number of benzene rings is 2. The number of ether oxygens (including phenoxy) is 1. The Balaban J connectivity index is 1.41. The van der Waals surface area contributed by atoms with Crippen LogP contribution in [0.2, 0.25) is 0 Å². The Bertz CT molecular complexity index is 1390. The molecule has 0 bridgehead atoms. The fourth-order valence-electron chi connectivity index (χ4n) is 4.97. The molecule has 3 aliphatic rings. The van der Waals surface area contributed by atoms with Gasteiger partial charge in [0.05, 0.1) is 17.3 Å². The second kappa shape index (κ2) is 9.75. The molecule has 0 saturated carbocycles. The van der Waals surface area contributed by atoms with Gasteiger partial charge in [-0.3, -0.25) is 9.69 Å². The topological polar surface area (TPSA) is 63.7 Å². The lowest BCUT2D eigenvalue weighted by Gasteiger charge is -2.27. The molecule has 0 radical (unpaired) electrons. The number of ketones is 1. The van der Waals surface area contributed by atoms with Gasteiger partial charge in [0.1, 0.15) is 18.2 Å². The first kappa shape index (κ1) is 24.6. The predicted molar refractivity (Wildman–Crippen MR) is 135 cm³/mol. The zero-order chi connectivity index (χ0) is 25.4. The number of hydrogen-bond acceptors (Lipinski definition) is 5. The van der Waals surface area contributed by atoms with Crippen molar-refractivity contribution in [1.29, 1.82) is 0 Å². The fourth-order valence-corrected chi connectivity index (χ4v) is 6.25. The summed E-state index contributed by atoms with van der Waals surface area (Å²) in [5, 5.41) is 0. The summed E-state index contributed by atoms with van der Waals surface area (Å²) in [5.74, 6) is -0.558. The largest absolute Gasteiger partial charge is 0.497 e. The summed E-state index contributed by atoms with van der Waals surface area (Å²) in [5.41, 5.74) is 4.38. The quantitative estimate of drug-likeness (QED) is 0.572. The van der Waals surface area contributed by atoms with Crippen LogP contribution in [-0.4, -0.2) is 56.8 Å². The zero-order valence-electron chi connectivity index (χ0n) is 20.0. The summed E-state index contributed by atoms with van der Waals surface area (Å²) in [7, 11) is -2.93. The molecule has 5 rings (SSSR count). The highest BCUT2D eigenvalue weighted by Gasteiger charge is 2.35. The molecule has 1 fully saturated rings. The number of halogens is 2. The first-order valence-electron chi connectivity index (χ1n) is 12.0. The van der Waals surface area contributed by atoms with Crippen LogP contribution in [0.15, 0.2) is 65.4 Å². The molecule has 5 nitrogen and oxygen atoms in total. The van der Waals surface area contributed by atoms with Crippen molar-refractivity contribution in [1.82, 2.24) is 4.90 Å². The lowest BCUT2D eigenvalue weighted by molar-refractivity contribution is -0.110. The van der Waals surface area contributed by atoms with Crippen molar-refractivity contribution in [2.45, 2.75) is 19.8 Å². The van der Waals surface area contributed by atoms with E-state index in [0.29, 0.717) is 72.7 Å². The van der Waals surface area contributed by atoms with Crippen molar-refractivity contribution >= 4 is 26.8 Å². The van der Waals surface area contributed by atoms with Gasteiger partial charge in [0.15, 0.2) is 15.6 Å². The van der Waals surface area contributed by atoms with Crippen LogP contribution in [0.5, 0.6) is 0 Å². The molecule has 36 heavy (non-hydrogen) atoms. The Labute approximate surface area is 209 Å². The van der Waals surface area contributed by atoms with E-state index in [2.05, 4.69) is 4.90 Å². The number of hydrogen-bond donors (Lipinski definition) is 0. The van der Waals surface area contributed by atoms with E-state index in [1.54, 1.807) is 6.08 Å². The summed E-state index contributed by atoms with van der Waals surface area (Å²) in [6.45, 7) is 3.94. The average Bonchev–Trinajstić information content (AvgIpc) is 3.12. The standard InChI is InChI=1S/C28H27F2NO4S/c1-18-2-4-19(5-3-18)27-26(20-14-21(29)16-22(30)15-20)24-7-6-23(17-25(24)28(27)32)35-11-8-31-9-12-36(33,34)13-10-31/h2-5,14-17H,6-13H2,1H3. The second-order valence-corrected chi connectivity index (χ2v) is 11.8. The molecule has 0 amide bonds. The van der Waals surface area contributed by atoms with Crippen LogP contribution < -0.4 is 0 Å². The molecule has 0 unspecified atom stereocenters. The zero-order valence-corrected chi connectivity index (χ0v) is 20.8. The van der Waals surface area contributed by atoms with E-state index >= 15 is 0 Å². The molecule has 188 valence electrons. The van der Waals surface area contributed by atoms with Gasteiger partial charge in [0.2, 0.25) is 0 Å². The average molecular weight is 512 g/mol. The number of carbonyl (C=O) groups is 1. The normalized spacial score (nSPS) is 20.0. The Hall–Kier alpha value is -3.10. The van der Waals surface area contributed by atoms with E-state index in [1.807, 2.05) is 31.2 Å². The highest BCUT2D eigenvalue weighted by Crippen LogP contribution is 2.46. The van der Waals surface area contributed by atoms with Crippen molar-refractivity contribution < 1.29 is 26.7 Å². The number of sulfone groups is 1. The number of nitrogens with zero attached hydrogens (tertiary/aromatic N) is 1. The van der Waals surface area contributed by atoms with Crippen LogP contribution in [0.3, 0.4) is 0 Å². The number of Topliss-reactive ketones (excluding diaryl/α,β-unsaturated/α-hetero) is 1. The van der Waals surface area contributed by atoms with Gasteiger partial charge in [0.25, 0.3) is 0 Å². The lowest BCUT2D eigenvalue weighted by atomic mass is 9.89. The molecule has 0 atom stereocenters. The number of rotatable bonds is 6. The van der Waals surface area contributed by atoms with Gasteiger partial charge in [-0.15, -0.1) is 0 Å². The van der Waals surface area contributed by atoms with Gasteiger partial charge in [-0.1, -0.05) is 29.8 Å². The molecule has 2 aliphatic carbocycles. The minimum atomic E-state index is -2.93. The first-order chi connectivity index (χ1) is 17.2. The molecular weight excluding hydrogens is 484 g/mol. The third kappa shape index (κ3) is 5.06. The summed E-state index contributed by atoms with van der Waals surface area (Å²) < 4.78 is 57.5. The van der Waals surface area contributed by atoms with E-state index in [9.17, 15) is 22.0 Å². The molecule has 8 heteroatoms. The van der Waals surface area contributed by atoms with E-state index < -0.39 is 21.5 Å². The number of allylic oxidation sites excluding steroid dienone is 6. The monoisotopic (exact) mass is 511 g/mol. The second-order valence-electron chi connectivity index (χ2n) is 9.45. The molecular formula is C28H27F2NO4S. The Morgan fingerprint density at radius 2 is 1.58 bits per heavy atom. The third-order valence-corrected chi connectivity index (χ3v) is 8.51. The van der Waals surface area contributed by atoms with Crippen LogP contribution in [0.1, 0.15) is 29.5 Å². The Kier molecular flexibility index (Phi) is 6.66. The van der Waals surface area contributed by atoms with E-state index in [-0.39, 0.29) is 17.3 Å². The predicted octanol–water partition coefficient (Wildman–Crippen LogP) is 4.49. The van der Waals surface area contributed by atoms with Crippen molar-refractivity contribution in [3.8, 4) is 0 Å². The summed E-state index contributed by atoms with van der Waals surface area (Å²) >= 11 is 0. The van der Waals surface area contributed by atoms with E-state index in [1.165, 1.54) is 12.1 Å². The molecule has 2 aromatic carbocycles. The van der Waals surface area contributed by atoms with Crippen molar-refractivity contribution in [3.63, 3.8) is 0 Å². The maximum absolute atomic E-state index is 14.1. The Morgan fingerprint density at radius 3 is 2.25 bits per heavy atom. The minimum Gasteiger partial charge on any atom is -0.497 e. The highest BCUT2D eigenvalue weighted by atomic mass is 32.2. The minimum absolute atomic E-state index is 0.164. The molecule has 1 saturated heterocycles. The molecule has 1 heterocycles. The van der Waals surface area contributed by atoms with Crippen LogP contribution >= 0.6 is 0 Å². The van der Waals surface area contributed by atoms with Crippen molar-refractivity contribution in [2.75, 3.05) is 37.7 Å². The SMILES string of the molecule is Cc1ccc(C2=C(c3cc(F)cc(F)c3)C3=C(C=C(OCCN4CCS(=O)(=O)CC4)CC3)C2=O)cc1. The van der Waals surface area contributed by atoms with Crippen LogP contribution in [0, 0.1) is 18.6 Å². The number of carbonyl (C=O) groups excluding carboxylic acids is 1. The smallest absolute Gasteiger partial charge is 0.194 e. The van der Waals surface area contributed by atoms with Gasteiger partial charge >= 0.3 is 0 Å². The van der Waals surface area contributed by atoms with Crippen LogP contribution in [0.25, 0.3) is 11.1 Å². The molecule has 0 spiro atoms. The Morgan fingerprint density at radius 1 is 0.917 bits per heavy atom. The van der Waals surface area contributed by atoms with E-state index in [4.69, 9.17) is 4.74 Å². The van der Waals surface area contributed by atoms with Gasteiger partial charge in [-0.05, 0) is 53.8 Å². The highest BCUT2D eigenvalue weighted by molar-refractivity contribution is 7.91. The maximum atomic E-state index is 14.1. The van der Waals surface area contributed by atoms with Gasteiger partial charge in [-0.25, -0.2) is 17.2 Å². The summed E-state index contributed by atoms with van der Waals surface area (Å²) in [6.07, 6.45) is 2.82. The molecule has 0 N–H and O–H groups in total. The van der Waals surface area contributed by atoms with Gasteiger partial charge in [-0.2, -0.15) is 0 Å². The molecule has 1 aliphatic heterocycles. The van der Waals surface area contributed by atoms with Crippen molar-refractivity contribution in [3.05, 3.63) is 93.8 Å². The summed E-state index contributed by atoms with van der Waals surface area (Å²) in [6, 6.07) is 10.9.